The zero-order chi connectivity index (χ0) is 15.3. The van der Waals surface area contributed by atoms with E-state index in [2.05, 4.69) is 15.9 Å². The molecule has 0 spiro atoms. The second kappa shape index (κ2) is 7.51. The molecule has 20 heavy (non-hydrogen) atoms. The number of halogens is 1. The molecule has 1 rings (SSSR count). The van der Waals surface area contributed by atoms with Crippen molar-refractivity contribution in [3.05, 3.63) is 14.7 Å². The summed E-state index contributed by atoms with van der Waals surface area (Å²) in [5, 5.41) is 8.92. The van der Waals surface area contributed by atoms with Crippen molar-refractivity contribution in [1.82, 2.24) is 4.31 Å². The fourth-order valence-electron chi connectivity index (χ4n) is 1.53. The van der Waals surface area contributed by atoms with Crippen LogP contribution >= 0.6 is 27.3 Å². The molecule has 0 unspecified atom stereocenters. The highest BCUT2D eigenvalue weighted by atomic mass is 79.9. The number of rotatable bonds is 8. The van der Waals surface area contributed by atoms with Crippen LogP contribution in [0, 0.1) is 0 Å². The first-order chi connectivity index (χ1) is 9.34. The van der Waals surface area contributed by atoms with Crippen LogP contribution in [0.4, 0.5) is 0 Å². The first-order valence-electron chi connectivity index (χ1n) is 5.95. The normalized spacial score (nSPS) is 12.0. The number of nitrogens with zero attached hydrogens (tertiary/aromatic N) is 1. The predicted octanol–water partition coefficient (Wildman–Crippen LogP) is 2.26. The Bertz CT molecular complexity index is 569. The Balaban J connectivity index is 3.04. The van der Waals surface area contributed by atoms with E-state index in [9.17, 15) is 13.2 Å². The quantitative estimate of drug-likeness (QED) is 0.693. The number of hydrogen-bond donors (Lipinski definition) is 1. The van der Waals surface area contributed by atoms with Crippen LogP contribution in [0.5, 0.6) is 0 Å². The molecule has 0 bridgehead atoms. The molecule has 0 atom stereocenters. The third-order valence-corrected chi connectivity index (χ3v) is 6.74. The van der Waals surface area contributed by atoms with Gasteiger partial charge in [-0.05, 0) is 28.9 Å². The van der Waals surface area contributed by atoms with Crippen molar-refractivity contribution in [2.75, 3.05) is 26.3 Å². The SMILES string of the molecule is CCOCCN(CC)S(=O)(=O)c1cc(C(=O)O)sc1Br. The minimum atomic E-state index is -3.72. The van der Waals surface area contributed by atoms with E-state index in [1.807, 2.05) is 6.92 Å². The molecule has 1 aromatic heterocycles. The molecule has 0 aliphatic heterocycles. The van der Waals surface area contributed by atoms with E-state index in [4.69, 9.17) is 9.84 Å². The van der Waals surface area contributed by atoms with Crippen molar-refractivity contribution in [2.24, 2.45) is 0 Å². The van der Waals surface area contributed by atoms with Crippen LogP contribution in [0.3, 0.4) is 0 Å². The molecular formula is C11H16BrNO5S2. The molecule has 9 heteroatoms. The standard InChI is InChI=1S/C11H16BrNO5S2/c1-3-13(5-6-18-4-2)20(16,17)9-7-8(11(14)15)19-10(9)12/h7H,3-6H2,1-2H3,(H,14,15). The predicted molar refractivity (Wildman–Crippen MR) is 79.9 cm³/mol. The summed E-state index contributed by atoms with van der Waals surface area (Å²) < 4.78 is 31.7. The van der Waals surface area contributed by atoms with Crippen molar-refractivity contribution in [1.29, 1.82) is 0 Å². The van der Waals surface area contributed by atoms with E-state index in [1.165, 1.54) is 10.4 Å². The van der Waals surface area contributed by atoms with Crippen LogP contribution in [-0.2, 0) is 14.8 Å². The molecule has 0 aliphatic rings. The van der Waals surface area contributed by atoms with Crippen molar-refractivity contribution < 1.29 is 23.1 Å². The molecule has 0 radical (unpaired) electrons. The smallest absolute Gasteiger partial charge is 0.345 e. The molecule has 114 valence electrons. The highest BCUT2D eigenvalue weighted by Gasteiger charge is 2.28. The summed E-state index contributed by atoms with van der Waals surface area (Å²) in [6.07, 6.45) is 0. The maximum absolute atomic E-state index is 12.5. The summed E-state index contributed by atoms with van der Waals surface area (Å²) in [5.74, 6) is -1.14. The van der Waals surface area contributed by atoms with Gasteiger partial charge in [-0.1, -0.05) is 6.92 Å². The minimum absolute atomic E-state index is 0.0155. The van der Waals surface area contributed by atoms with Gasteiger partial charge >= 0.3 is 5.97 Å². The average Bonchev–Trinajstić information content (AvgIpc) is 2.77. The number of sulfonamides is 1. The van der Waals surface area contributed by atoms with Crippen LogP contribution in [0.25, 0.3) is 0 Å². The van der Waals surface area contributed by atoms with Crippen LogP contribution in [-0.4, -0.2) is 50.1 Å². The van der Waals surface area contributed by atoms with Gasteiger partial charge in [-0.3, -0.25) is 0 Å². The fraction of sp³-hybridized carbons (Fsp3) is 0.545. The van der Waals surface area contributed by atoms with Gasteiger partial charge in [-0.25, -0.2) is 13.2 Å². The molecule has 1 N–H and O–H groups in total. The monoisotopic (exact) mass is 385 g/mol. The Morgan fingerprint density at radius 3 is 2.60 bits per heavy atom. The van der Waals surface area contributed by atoms with Crippen molar-refractivity contribution >= 4 is 43.3 Å². The molecule has 0 saturated carbocycles. The van der Waals surface area contributed by atoms with Gasteiger partial charge in [0.15, 0.2) is 0 Å². The summed E-state index contributed by atoms with van der Waals surface area (Å²) in [7, 11) is -3.72. The lowest BCUT2D eigenvalue weighted by Gasteiger charge is -2.19. The van der Waals surface area contributed by atoms with E-state index in [0.717, 1.165) is 11.3 Å². The Kier molecular flexibility index (Phi) is 6.59. The third kappa shape index (κ3) is 4.01. The van der Waals surface area contributed by atoms with Crippen molar-refractivity contribution in [3.63, 3.8) is 0 Å². The third-order valence-electron chi connectivity index (χ3n) is 2.53. The Labute approximate surface area is 130 Å². The molecule has 0 aromatic carbocycles. The van der Waals surface area contributed by atoms with Crippen LogP contribution < -0.4 is 0 Å². The summed E-state index contributed by atoms with van der Waals surface area (Å²) in [6.45, 7) is 4.90. The minimum Gasteiger partial charge on any atom is -0.477 e. The lowest BCUT2D eigenvalue weighted by molar-refractivity contribution is 0.0702. The maximum Gasteiger partial charge on any atom is 0.345 e. The first-order valence-corrected chi connectivity index (χ1v) is 9.00. The summed E-state index contributed by atoms with van der Waals surface area (Å²) in [5.41, 5.74) is 0. The number of carboxylic acids is 1. The van der Waals surface area contributed by atoms with Gasteiger partial charge in [0, 0.05) is 19.7 Å². The summed E-state index contributed by atoms with van der Waals surface area (Å²) >= 11 is 4.00. The molecule has 0 saturated heterocycles. The fourth-order valence-corrected chi connectivity index (χ4v) is 5.32. The largest absolute Gasteiger partial charge is 0.477 e. The molecule has 0 aliphatic carbocycles. The molecule has 0 amide bonds. The number of hydrogen-bond acceptors (Lipinski definition) is 5. The topological polar surface area (TPSA) is 83.9 Å². The number of thiophene rings is 1. The molecule has 0 fully saturated rings. The molecule has 1 aromatic rings. The summed E-state index contributed by atoms with van der Waals surface area (Å²) in [6, 6.07) is 1.18. The zero-order valence-electron chi connectivity index (χ0n) is 11.1. The van der Waals surface area contributed by atoms with Crippen LogP contribution in [0.15, 0.2) is 14.7 Å². The lowest BCUT2D eigenvalue weighted by Crippen LogP contribution is -2.33. The summed E-state index contributed by atoms with van der Waals surface area (Å²) in [4.78, 5) is 10.9. The molecule has 6 nitrogen and oxygen atoms in total. The van der Waals surface area contributed by atoms with E-state index in [1.54, 1.807) is 6.92 Å². The van der Waals surface area contributed by atoms with Gasteiger partial charge in [-0.15, -0.1) is 11.3 Å². The van der Waals surface area contributed by atoms with Crippen LogP contribution in [0.2, 0.25) is 0 Å². The Hall–Kier alpha value is -0.480. The van der Waals surface area contributed by atoms with Crippen molar-refractivity contribution in [3.8, 4) is 0 Å². The zero-order valence-corrected chi connectivity index (χ0v) is 14.3. The average molecular weight is 386 g/mol. The second-order valence-electron chi connectivity index (χ2n) is 3.75. The number of carbonyl (C=O) groups is 1. The van der Waals surface area contributed by atoms with Crippen LogP contribution in [0.1, 0.15) is 23.5 Å². The second-order valence-corrected chi connectivity index (χ2v) is 8.02. The molecular weight excluding hydrogens is 370 g/mol. The van der Waals surface area contributed by atoms with Gasteiger partial charge < -0.3 is 9.84 Å². The Morgan fingerprint density at radius 1 is 1.50 bits per heavy atom. The van der Waals surface area contributed by atoms with E-state index in [-0.39, 0.29) is 16.3 Å². The highest BCUT2D eigenvalue weighted by Crippen LogP contribution is 2.33. The van der Waals surface area contributed by atoms with E-state index >= 15 is 0 Å². The highest BCUT2D eigenvalue weighted by molar-refractivity contribution is 9.11. The lowest BCUT2D eigenvalue weighted by atomic mass is 10.5. The maximum atomic E-state index is 12.5. The van der Waals surface area contributed by atoms with Crippen molar-refractivity contribution in [2.45, 2.75) is 18.7 Å². The van der Waals surface area contributed by atoms with E-state index in [0.29, 0.717) is 23.5 Å². The van der Waals surface area contributed by atoms with E-state index < -0.39 is 16.0 Å². The van der Waals surface area contributed by atoms with Gasteiger partial charge in [0.2, 0.25) is 10.0 Å². The van der Waals surface area contributed by atoms with Gasteiger partial charge in [0.05, 0.1) is 10.4 Å². The van der Waals surface area contributed by atoms with Gasteiger partial charge in [0.25, 0.3) is 0 Å². The number of likely N-dealkylation sites (N-methyl/N-ethyl adjacent to an activating group) is 1. The number of aromatic carboxylic acids is 1. The van der Waals surface area contributed by atoms with Gasteiger partial charge in [0.1, 0.15) is 9.77 Å². The number of ether oxygens (including phenoxy) is 1. The molecule has 1 heterocycles. The Morgan fingerprint density at radius 2 is 2.15 bits per heavy atom. The first kappa shape index (κ1) is 17.6. The number of carboxylic acid groups (broad SMARTS) is 1. The van der Waals surface area contributed by atoms with Gasteiger partial charge in [-0.2, -0.15) is 4.31 Å².